The molecule has 1 aromatic heterocycles. The smallest absolute Gasteiger partial charge is 0.253 e. The lowest BCUT2D eigenvalue weighted by Crippen LogP contribution is -2.24. The number of hydrogen-bond donors (Lipinski definition) is 3. The lowest BCUT2D eigenvalue weighted by molar-refractivity contribution is 0.0954. The molecule has 0 fully saturated rings. The molecule has 192 valence electrons. The molecular weight excluding hydrogens is 535 g/mol. The van der Waals surface area contributed by atoms with Crippen LogP contribution in [-0.4, -0.2) is 26.5 Å². The summed E-state index contributed by atoms with van der Waals surface area (Å²) < 4.78 is 0.851. The minimum atomic E-state index is -0.0723. The second-order valence-electron chi connectivity index (χ2n) is 9.81. The standard InChI is InChI=1S/C29H47IN2O2/c1-2-3-4-5-6-7-8-11-14-17-24(30)18-15-12-9-10-13-16-21-31-29(34)27-23-32-28-20-19-25(33)22-26(27)28/h19-20,22-24,32-33H,2-18,21H2,1H3,(H,31,34). The van der Waals surface area contributed by atoms with E-state index in [1.807, 2.05) is 0 Å². The van der Waals surface area contributed by atoms with Gasteiger partial charge in [-0.1, -0.05) is 119 Å². The number of H-pyrrole nitrogens is 1. The Morgan fingerprint density at radius 2 is 1.44 bits per heavy atom. The number of carbonyl (C=O) groups is 1. The Bertz CT molecular complexity index is 805. The van der Waals surface area contributed by atoms with Crippen LogP contribution in [0.15, 0.2) is 24.4 Å². The van der Waals surface area contributed by atoms with Crippen molar-refractivity contribution in [2.75, 3.05) is 6.54 Å². The van der Waals surface area contributed by atoms with Gasteiger partial charge in [-0.2, -0.15) is 0 Å². The fraction of sp³-hybridized carbons (Fsp3) is 0.690. The molecule has 2 rings (SSSR count). The molecule has 0 radical (unpaired) electrons. The molecular formula is C29H47IN2O2. The number of amides is 1. The maximum atomic E-state index is 12.4. The Morgan fingerprint density at radius 3 is 2.06 bits per heavy atom. The van der Waals surface area contributed by atoms with Crippen molar-refractivity contribution in [1.29, 1.82) is 0 Å². The fourth-order valence-corrected chi connectivity index (χ4v) is 5.49. The van der Waals surface area contributed by atoms with E-state index in [1.54, 1.807) is 24.4 Å². The van der Waals surface area contributed by atoms with Crippen LogP contribution in [0.1, 0.15) is 126 Å². The van der Waals surface area contributed by atoms with Crippen LogP contribution in [0.4, 0.5) is 0 Å². The van der Waals surface area contributed by atoms with Crippen LogP contribution in [0.25, 0.3) is 10.9 Å². The highest BCUT2D eigenvalue weighted by molar-refractivity contribution is 14.1. The zero-order valence-corrected chi connectivity index (χ0v) is 23.5. The van der Waals surface area contributed by atoms with Crippen molar-refractivity contribution in [3.63, 3.8) is 0 Å². The Hall–Kier alpha value is -1.24. The molecule has 0 aliphatic carbocycles. The largest absolute Gasteiger partial charge is 0.508 e. The number of phenolic OH excluding ortho intramolecular Hbond substituents is 1. The number of benzene rings is 1. The lowest BCUT2D eigenvalue weighted by atomic mass is 10.0. The van der Waals surface area contributed by atoms with E-state index in [9.17, 15) is 9.90 Å². The minimum Gasteiger partial charge on any atom is -0.508 e. The molecule has 1 aromatic carbocycles. The zero-order valence-electron chi connectivity index (χ0n) is 21.3. The molecule has 0 aliphatic heterocycles. The minimum absolute atomic E-state index is 0.0723. The van der Waals surface area contributed by atoms with Gasteiger partial charge in [0.25, 0.3) is 5.91 Å². The molecule has 4 nitrogen and oxygen atoms in total. The number of aromatic amines is 1. The van der Waals surface area contributed by atoms with Crippen molar-refractivity contribution in [2.24, 2.45) is 0 Å². The summed E-state index contributed by atoms with van der Waals surface area (Å²) in [6, 6.07) is 5.05. The third kappa shape index (κ3) is 11.9. The van der Waals surface area contributed by atoms with E-state index in [0.717, 1.165) is 21.2 Å². The first kappa shape index (κ1) is 29.0. The van der Waals surface area contributed by atoms with Gasteiger partial charge in [0.15, 0.2) is 0 Å². The lowest BCUT2D eigenvalue weighted by Gasteiger charge is -2.10. The van der Waals surface area contributed by atoms with Crippen molar-refractivity contribution in [3.8, 4) is 5.75 Å². The highest BCUT2D eigenvalue weighted by Gasteiger charge is 2.12. The number of phenols is 1. The number of unbranched alkanes of at least 4 members (excludes halogenated alkanes) is 13. The Labute approximate surface area is 221 Å². The van der Waals surface area contributed by atoms with Crippen LogP contribution in [-0.2, 0) is 0 Å². The number of rotatable bonds is 20. The van der Waals surface area contributed by atoms with Crippen LogP contribution in [0.2, 0.25) is 0 Å². The number of carbonyl (C=O) groups excluding carboxylic acids is 1. The first-order chi connectivity index (χ1) is 16.6. The maximum absolute atomic E-state index is 12.4. The quantitative estimate of drug-likeness (QED) is 0.0829. The second kappa shape index (κ2) is 18.1. The summed E-state index contributed by atoms with van der Waals surface area (Å²) in [7, 11) is 0. The number of hydrogen-bond acceptors (Lipinski definition) is 2. The molecule has 1 unspecified atom stereocenters. The summed E-state index contributed by atoms with van der Waals surface area (Å²) in [6.07, 6.45) is 24.7. The molecule has 0 aliphatic rings. The van der Waals surface area contributed by atoms with Crippen molar-refractivity contribution in [3.05, 3.63) is 30.0 Å². The predicted molar refractivity (Wildman–Crippen MR) is 154 cm³/mol. The van der Waals surface area contributed by atoms with E-state index in [2.05, 4.69) is 39.8 Å². The monoisotopic (exact) mass is 582 g/mol. The molecule has 0 spiro atoms. The molecule has 1 amide bonds. The summed E-state index contributed by atoms with van der Waals surface area (Å²) in [4.78, 5) is 15.5. The van der Waals surface area contributed by atoms with Gasteiger partial charge >= 0.3 is 0 Å². The molecule has 2 aromatic rings. The molecule has 0 saturated heterocycles. The maximum Gasteiger partial charge on any atom is 0.253 e. The number of nitrogens with one attached hydrogen (secondary N) is 2. The fourth-order valence-electron chi connectivity index (χ4n) is 4.61. The van der Waals surface area contributed by atoms with Crippen molar-refractivity contribution >= 4 is 39.4 Å². The van der Waals surface area contributed by atoms with Crippen molar-refractivity contribution in [2.45, 2.75) is 120 Å². The number of aromatic hydroxyl groups is 1. The van der Waals surface area contributed by atoms with Gasteiger partial charge in [0.2, 0.25) is 0 Å². The Morgan fingerprint density at radius 1 is 0.882 bits per heavy atom. The number of halogens is 1. The normalized spacial score (nSPS) is 12.3. The highest BCUT2D eigenvalue weighted by atomic mass is 127. The number of fused-ring (bicyclic) bond motifs is 1. The van der Waals surface area contributed by atoms with Gasteiger partial charge in [0.1, 0.15) is 5.75 Å². The van der Waals surface area contributed by atoms with Gasteiger partial charge in [0, 0.05) is 27.6 Å². The van der Waals surface area contributed by atoms with Crippen LogP contribution >= 0.6 is 22.6 Å². The van der Waals surface area contributed by atoms with E-state index in [1.165, 1.54) is 103 Å². The first-order valence-corrected chi connectivity index (χ1v) is 15.1. The molecule has 1 heterocycles. The van der Waals surface area contributed by atoms with E-state index >= 15 is 0 Å². The van der Waals surface area contributed by atoms with Gasteiger partial charge in [-0.15, -0.1) is 0 Å². The molecule has 1 atom stereocenters. The summed E-state index contributed by atoms with van der Waals surface area (Å²) in [5.74, 6) is 0.107. The summed E-state index contributed by atoms with van der Waals surface area (Å²) in [5, 5.41) is 13.5. The Balaban J connectivity index is 1.38. The van der Waals surface area contributed by atoms with Gasteiger partial charge < -0.3 is 15.4 Å². The van der Waals surface area contributed by atoms with Crippen LogP contribution in [0.3, 0.4) is 0 Å². The van der Waals surface area contributed by atoms with Crippen LogP contribution in [0, 0.1) is 0 Å². The number of alkyl halides is 1. The van der Waals surface area contributed by atoms with Crippen LogP contribution in [0.5, 0.6) is 5.75 Å². The van der Waals surface area contributed by atoms with Gasteiger partial charge in [-0.05, 0) is 37.5 Å². The second-order valence-corrected chi connectivity index (χ2v) is 11.6. The molecule has 34 heavy (non-hydrogen) atoms. The first-order valence-electron chi connectivity index (χ1n) is 13.8. The molecule has 0 bridgehead atoms. The van der Waals surface area contributed by atoms with E-state index in [0.29, 0.717) is 12.1 Å². The van der Waals surface area contributed by atoms with E-state index in [-0.39, 0.29) is 11.7 Å². The molecule has 0 saturated carbocycles. The third-order valence-electron chi connectivity index (χ3n) is 6.76. The topological polar surface area (TPSA) is 65.1 Å². The average molecular weight is 583 g/mol. The molecule has 5 heteroatoms. The summed E-state index contributed by atoms with van der Waals surface area (Å²) in [6.45, 7) is 2.99. The Kier molecular flexibility index (Phi) is 15.4. The van der Waals surface area contributed by atoms with Crippen LogP contribution < -0.4 is 5.32 Å². The van der Waals surface area contributed by atoms with Gasteiger partial charge in [0.05, 0.1) is 5.56 Å². The zero-order chi connectivity index (χ0) is 24.4. The number of aromatic nitrogens is 1. The average Bonchev–Trinajstić information content (AvgIpc) is 3.25. The summed E-state index contributed by atoms with van der Waals surface area (Å²) in [5.41, 5.74) is 1.46. The van der Waals surface area contributed by atoms with Gasteiger partial charge in [-0.3, -0.25) is 4.79 Å². The molecule has 3 N–H and O–H groups in total. The predicted octanol–water partition coefficient (Wildman–Crippen LogP) is 9.06. The van der Waals surface area contributed by atoms with E-state index in [4.69, 9.17) is 0 Å². The highest BCUT2D eigenvalue weighted by Crippen LogP contribution is 2.23. The van der Waals surface area contributed by atoms with E-state index < -0.39 is 0 Å². The summed E-state index contributed by atoms with van der Waals surface area (Å²) >= 11 is 2.67. The van der Waals surface area contributed by atoms with Crippen molar-refractivity contribution < 1.29 is 9.90 Å². The van der Waals surface area contributed by atoms with Crippen molar-refractivity contribution in [1.82, 2.24) is 10.3 Å². The third-order valence-corrected chi connectivity index (χ3v) is 8.01. The van der Waals surface area contributed by atoms with Gasteiger partial charge in [-0.25, -0.2) is 0 Å². The SMILES string of the molecule is CCCCCCCCCCCC(I)CCCCCCCCNC(=O)c1c[nH]c2ccc(O)cc12.